The van der Waals surface area contributed by atoms with E-state index in [2.05, 4.69) is 53.8 Å². The van der Waals surface area contributed by atoms with Crippen LogP contribution in [0.25, 0.3) is 6.08 Å². The summed E-state index contributed by atoms with van der Waals surface area (Å²) in [5.41, 5.74) is 0.889. The SMILES string of the molecule is C[C@H]1CN(C(C)(C)CNC(=O)/C=C/c2cccc(Br)c2)C[C@H](C)O1. The van der Waals surface area contributed by atoms with Crippen molar-refractivity contribution in [3.8, 4) is 0 Å². The van der Waals surface area contributed by atoms with Crippen molar-refractivity contribution in [3.05, 3.63) is 40.4 Å². The first-order valence-corrected chi connectivity index (χ1v) is 9.17. The van der Waals surface area contributed by atoms with Gasteiger partial charge in [-0.2, -0.15) is 0 Å². The minimum Gasteiger partial charge on any atom is -0.373 e. The molecule has 1 heterocycles. The third-order valence-corrected chi connectivity index (χ3v) is 4.74. The largest absolute Gasteiger partial charge is 0.373 e. The van der Waals surface area contributed by atoms with Gasteiger partial charge in [0.1, 0.15) is 0 Å². The standard InChI is InChI=1S/C19H27BrN2O2/c1-14-11-22(12-15(2)24-14)19(3,4)13-21-18(23)9-8-16-6-5-7-17(20)10-16/h5-10,14-15H,11-13H2,1-4H3,(H,21,23)/b9-8+/t14-,15-/m0/s1. The number of carbonyl (C=O) groups is 1. The zero-order valence-corrected chi connectivity index (χ0v) is 16.5. The van der Waals surface area contributed by atoms with E-state index in [1.165, 1.54) is 0 Å². The number of halogens is 1. The Labute approximate surface area is 153 Å². The van der Waals surface area contributed by atoms with E-state index in [9.17, 15) is 4.79 Å². The number of ether oxygens (including phenoxy) is 1. The molecule has 0 saturated carbocycles. The average molecular weight is 395 g/mol. The second-order valence-electron chi connectivity index (χ2n) is 7.08. The highest BCUT2D eigenvalue weighted by Crippen LogP contribution is 2.20. The predicted molar refractivity (Wildman–Crippen MR) is 102 cm³/mol. The van der Waals surface area contributed by atoms with Gasteiger partial charge in [0.25, 0.3) is 0 Å². The number of carbonyl (C=O) groups excluding carboxylic acids is 1. The van der Waals surface area contributed by atoms with E-state index in [0.29, 0.717) is 6.54 Å². The summed E-state index contributed by atoms with van der Waals surface area (Å²) in [5.74, 6) is -0.0718. The summed E-state index contributed by atoms with van der Waals surface area (Å²) < 4.78 is 6.79. The van der Waals surface area contributed by atoms with Gasteiger partial charge in [0, 0.05) is 35.7 Å². The molecule has 1 aromatic rings. The molecule has 1 amide bonds. The molecule has 0 bridgehead atoms. The number of nitrogens with zero attached hydrogens (tertiary/aromatic N) is 1. The molecule has 1 N–H and O–H groups in total. The van der Waals surface area contributed by atoms with Crippen molar-refractivity contribution in [2.75, 3.05) is 19.6 Å². The Kier molecular flexibility index (Phi) is 6.61. The van der Waals surface area contributed by atoms with Gasteiger partial charge in [0.2, 0.25) is 5.91 Å². The Hall–Kier alpha value is -1.17. The number of nitrogens with one attached hydrogen (secondary N) is 1. The number of hydrogen-bond donors (Lipinski definition) is 1. The molecule has 1 fully saturated rings. The smallest absolute Gasteiger partial charge is 0.244 e. The molecule has 0 unspecified atom stereocenters. The maximum atomic E-state index is 12.1. The average Bonchev–Trinajstić information content (AvgIpc) is 2.50. The highest BCUT2D eigenvalue weighted by molar-refractivity contribution is 9.10. The van der Waals surface area contributed by atoms with Crippen LogP contribution in [0, 0.1) is 0 Å². The molecular formula is C19H27BrN2O2. The van der Waals surface area contributed by atoms with Gasteiger partial charge in [0.15, 0.2) is 0 Å². The molecule has 0 radical (unpaired) electrons. The van der Waals surface area contributed by atoms with E-state index < -0.39 is 0 Å². The minimum atomic E-state index is -0.106. The van der Waals surface area contributed by atoms with Gasteiger partial charge < -0.3 is 10.1 Å². The molecule has 1 aromatic carbocycles. The molecule has 24 heavy (non-hydrogen) atoms. The number of morpholine rings is 1. The second kappa shape index (κ2) is 8.28. The molecule has 1 aliphatic heterocycles. The first kappa shape index (κ1) is 19.2. The normalized spacial score (nSPS) is 22.7. The highest BCUT2D eigenvalue weighted by atomic mass is 79.9. The Morgan fingerprint density at radius 3 is 2.67 bits per heavy atom. The first-order chi connectivity index (χ1) is 11.3. The molecule has 4 nitrogen and oxygen atoms in total. The third kappa shape index (κ3) is 5.72. The van der Waals surface area contributed by atoms with Crippen molar-refractivity contribution in [2.45, 2.75) is 45.4 Å². The van der Waals surface area contributed by atoms with Crippen LogP contribution in [0.2, 0.25) is 0 Å². The van der Waals surface area contributed by atoms with Gasteiger partial charge >= 0.3 is 0 Å². The van der Waals surface area contributed by atoms with Crippen molar-refractivity contribution in [3.63, 3.8) is 0 Å². The summed E-state index contributed by atoms with van der Waals surface area (Å²) in [6.45, 7) is 10.9. The molecule has 132 valence electrons. The van der Waals surface area contributed by atoms with Gasteiger partial charge in [-0.15, -0.1) is 0 Å². The summed E-state index contributed by atoms with van der Waals surface area (Å²) in [7, 11) is 0. The summed E-state index contributed by atoms with van der Waals surface area (Å²) >= 11 is 3.43. The van der Waals surface area contributed by atoms with Gasteiger partial charge in [-0.3, -0.25) is 9.69 Å². The molecular weight excluding hydrogens is 368 g/mol. The quantitative estimate of drug-likeness (QED) is 0.777. The number of rotatable bonds is 5. The van der Waals surface area contributed by atoms with Crippen LogP contribution < -0.4 is 5.32 Å². The van der Waals surface area contributed by atoms with Crippen molar-refractivity contribution in [1.29, 1.82) is 0 Å². The molecule has 0 aliphatic carbocycles. The van der Waals surface area contributed by atoms with Crippen LogP contribution in [-0.2, 0) is 9.53 Å². The fraction of sp³-hybridized carbons (Fsp3) is 0.526. The van der Waals surface area contributed by atoms with Crippen LogP contribution >= 0.6 is 15.9 Å². The van der Waals surface area contributed by atoms with Crippen LogP contribution in [0.5, 0.6) is 0 Å². The van der Waals surface area contributed by atoms with E-state index in [1.54, 1.807) is 6.08 Å². The van der Waals surface area contributed by atoms with Gasteiger partial charge in [-0.05, 0) is 51.5 Å². The lowest BCUT2D eigenvalue weighted by atomic mass is 10.00. The Morgan fingerprint density at radius 1 is 1.38 bits per heavy atom. The van der Waals surface area contributed by atoms with Gasteiger partial charge in [-0.1, -0.05) is 28.1 Å². The molecule has 0 aromatic heterocycles. The summed E-state index contributed by atoms with van der Waals surface area (Å²) in [5, 5.41) is 3.01. The van der Waals surface area contributed by atoms with Crippen molar-refractivity contribution >= 4 is 27.9 Å². The van der Waals surface area contributed by atoms with E-state index in [0.717, 1.165) is 23.1 Å². The van der Waals surface area contributed by atoms with Crippen LogP contribution in [0.3, 0.4) is 0 Å². The Balaban J connectivity index is 1.88. The maximum absolute atomic E-state index is 12.1. The van der Waals surface area contributed by atoms with E-state index in [1.807, 2.05) is 30.3 Å². The number of benzene rings is 1. The molecule has 2 atom stereocenters. The zero-order chi connectivity index (χ0) is 17.7. The molecule has 1 saturated heterocycles. The Bertz CT molecular complexity index is 591. The van der Waals surface area contributed by atoms with Crippen molar-refractivity contribution in [2.24, 2.45) is 0 Å². The van der Waals surface area contributed by atoms with Crippen molar-refractivity contribution < 1.29 is 9.53 Å². The predicted octanol–water partition coefficient (Wildman–Crippen LogP) is 3.47. The second-order valence-corrected chi connectivity index (χ2v) is 8.00. The summed E-state index contributed by atoms with van der Waals surface area (Å²) in [4.78, 5) is 14.5. The van der Waals surface area contributed by atoms with E-state index in [4.69, 9.17) is 4.74 Å². The molecule has 2 rings (SSSR count). The summed E-state index contributed by atoms with van der Waals surface area (Å²) in [6, 6.07) is 7.86. The first-order valence-electron chi connectivity index (χ1n) is 8.38. The fourth-order valence-corrected chi connectivity index (χ4v) is 3.35. The van der Waals surface area contributed by atoms with E-state index >= 15 is 0 Å². The molecule has 1 aliphatic rings. The summed E-state index contributed by atoms with van der Waals surface area (Å²) in [6.07, 6.45) is 3.86. The van der Waals surface area contributed by atoms with Gasteiger partial charge in [-0.25, -0.2) is 0 Å². The number of amides is 1. The lowest BCUT2D eigenvalue weighted by Gasteiger charge is -2.45. The lowest BCUT2D eigenvalue weighted by molar-refractivity contribution is -0.118. The number of hydrogen-bond acceptors (Lipinski definition) is 3. The zero-order valence-electron chi connectivity index (χ0n) is 14.9. The molecule has 5 heteroatoms. The van der Waals surface area contributed by atoms with Crippen LogP contribution in [0.15, 0.2) is 34.8 Å². The van der Waals surface area contributed by atoms with E-state index in [-0.39, 0.29) is 23.7 Å². The van der Waals surface area contributed by atoms with Crippen LogP contribution in [0.4, 0.5) is 0 Å². The van der Waals surface area contributed by atoms with Crippen LogP contribution in [-0.4, -0.2) is 48.2 Å². The lowest BCUT2D eigenvalue weighted by Crippen LogP contribution is -2.58. The van der Waals surface area contributed by atoms with Crippen molar-refractivity contribution in [1.82, 2.24) is 10.2 Å². The Morgan fingerprint density at radius 2 is 2.04 bits per heavy atom. The monoisotopic (exact) mass is 394 g/mol. The minimum absolute atomic E-state index is 0.0718. The van der Waals surface area contributed by atoms with Crippen LogP contribution in [0.1, 0.15) is 33.3 Å². The fourth-order valence-electron chi connectivity index (χ4n) is 2.93. The topological polar surface area (TPSA) is 41.6 Å². The molecule has 0 spiro atoms. The van der Waals surface area contributed by atoms with Gasteiger partial charge in [0.05, 0.1) is 12.2 Å². The maximum Gasteiger partial charge on any atom is 0.244 e. The highest BCUT2D eigenvalue weighted by Gasteiger charge is 2.33. The third-order valence-electron chi connectivity index (χ3n) is 4.25.